The van der Waals surface area contributed by atoms with Crippen molar-refractivity contribution in [2.45, 2.75) is 26.2 Å². The number of H-pyrrole nitrogens is 1. The molecule has 0 aliphatic carbocycles. The Hall–Kier alpha value is -1.10. The van der Waals surface area contributed by atoms with Crippen LogP contribution in [-0.2, 0) is 12.5 Å². The maximum absolute atomic E-state index is 10.9. The Morgan fingerprint density at radius 1 is 1.50 bits per heavy atom. The van der Waals surface area contributed by atoms with Gasteiger partial charge in [0.15, 0.2) is 4.77 Å². The third kappa shape index (κ3) is 1.72. The Balaban J connectivity index is 3.54. The third-order valence-electron chi connectivity index (χ3n) is 2.03. The first-order valence-electron chi connectivity index (χ1n) is 4.28. The number of carbonyl (C=O) groups is 1. The molecule has 5 heteroatoms. The molecule has 78 valence electrons. The third-order valence-corrected chi connectivity index (χ3v) is 2.41. The molecule has 0 bridgehead atoms. The van der Waals surface area contributed by atoms with E-state index < -0.39 is 5.97 Å². The summed E-state index contributed by atoms with van der Waals surface area (Å²) in [6.45, 7) is 5.87. The van der Waals surface area contributed by atoms with E-state index in [1.165, 1.54) is 0 Å². The van der Waals surface area contributed by atoms with E-state index in [-0.39, 0.29) is 11.1 Å². The van der Waals surface area contributed by atoms with Gasteiger partial charge in [0.25, 0.3) is 0 Å². The number of carboxylic acids is 1. The largest absolute Gasteiger partial charge is 0.477 e. The average molecular weight is 214 g/mol. The van der Waals surface area contributed by atoms with Crippen molar-refractivity contribution >= 4 is 18.2 Å². The molecule has 1 rings (SSSR count). The van der Waals surface area contributed by atoms with E-state index in [9.17, 15) is 4.79 Å². The van der Waals surface area contributed by atoms with Gasteiger partial charge in [-0.2, -0.15) is 0 Å². The topological polar surface area (TPSA) is 58.0 Å². The van der Waals surface area contributed by atoms with Crippen molar-refractivity contribution in [1.29, 1.82) is 0 Å². The molecule has 1 aromatic rings. The minimum Gasteiger partial charge on any atom is -0.477 e. The molecule has 2 N–H and O–H groups in total. The highest BCUT2D eigenvalue weighted by Crippen LogP contribution is 2.25. The van der Waals surface area contributed by atoms with Crippen LogP contribution in [0.15, 0.2) is 0 Å². The van der Waals surface area contributed by atoms with Gasteiger partial charge in [-0.05, 0) is 12.2 Å². The summed E-state index contributed by atoms with van der Waals surface area (Å²) in [6.07, 6.45) is 0. The molecule has 0 spiro atoms. The maximum atomic E-state index is 10.9. The summed E-state index contributed by atoms with van der Waals surface area (Å²) in [5, 5.41) is 8.98. The first kappa shape index (κ1) is 11.0. The first-order chi connectivity index (χ1) is 6.25. The molecule has 0 atom stereocenters. The van der Waals surface area contributed by atoms with E-state index in [1.807, 2.05) is 20.8 Å². The summed E-state index contributed by atoms with van der Waals surface area (Å²) in [7, 11) is 1.77. The number of imidazole rings is 1. The molecule has 0 saturated heterocycles. The van der Waals surface area contributed by atoms with Gasteiger partial charge >= 0.3 is 5.97 Å². The van der Waals surface area contributed by atoms with Crippen LogP contribution in [0.1, 0.15) is 37.0 Å². The second kappa shape index (κ2) is 3.24. The van der Waals surface area contributed by atoms with E-state index >= 15 is 0 Å². The van der Waals surface area contributed by atoms with Gasteiger partial charge in [-0.25, -0.2) is 4.79 Å². The van der Waals surface area contributed by atoms with Crippen molar-refractivity contribution in [1.82, 2.24) is 9.55 Å². The fourth-order valence-corrected chi connectivity index (χ4v) is 1.75. The van der Waals surface area contributed by atoms with Crippen LogP contribution >= 0.6 is 12.2 Å². The van der Waals surface area contributed by atoms with Crippen LogP contribution in [0, 0.1) is 4.77 Å². The first-order valence-corrected chi connectivity index (χ1v) is 4.68. The zero-order valence-corrected chi connectivity index (χ0v) is 9.53. The number of nitrogens with zero attached hydrogens (tertiary/aromatic N) is 1. The minimum atomic E-state index is -0.971. The predicted molar refractivity (Wildman–Crippen MR) is 56.3 cm³/mol. The number of aromatic carboxylic acids is 1. The second-order valence-corrected chi connectivity index (χ2v) is 4.65. The normalized spacial score (nSPS) is 11.7. The molecular weight excluding hydrogens is 200 g/mol. The molecule has 0 unspecified atom stereocenters. The molecule has 14 heavy (non-hydrogen) atoms. The van der Waals surface area contributed by atoms with Crippen LogP contribution in [0.4, 0.5) is 0 Å². The number of aromatic amines is 1. The Kier molecular flexibility index (Phi) is 2.54. The second-order valence-electron chi connectivity index (χ2n) is 4.27. The van der Waals surface area contributed by atoms with Crippen molar-refractivity contribution in [3.05, 3.63) is 16.2 Å². The van der Waals surface area contributed by atoms with Gasteiger partial charge in [-0.3, -0.25) is 0 Å². The van der Waals surface area contributed by atoms with Gasteiger partial charge < -0.3 is 14.7 Å². The van der Waals surface area contributed by atoms with E-state index in [0.717, 1.165) is 5.69 Å². The summed E-state index contributed by atoms with van der Waals surface area (Å²) in [6, 6.07) is 0. The number of hydrogen-bond acceptors (Lipinski definition) is 2. The summed E-state index contributed by atoms with van der Waals surface area (Å²) in [5.74, 6) is -0.971. The molecule has 0 aliphatic heterocycles. The lowest BCUT2D eigenvalue weighted by Gasteiger charge is -2.19. The highest BCUT2D eigenvalue weighted by molar-refractivity contribution is 7.71. The summed E-state index contributed by atoms with van der Waals surface area (Å²) in [5.41, 5.74) is 0.663. The zero-order valence-electron chi connectivity index (χ0n) is 8.71. The van der Waals surface area contributed by atoms with Crippen LogP contribution in [0.3, 0.4) is 0 Å². The Morgan fingerprint density at radius 2 is 2.00 bits per heavy atom. The lowest BCUT2D eigenvalue weighted by molar-refractivity contribution is 0.0688. The Bertz CT molecular complexity index is 423. The summed E-state index contributed by atoms with van der Waals surface area (Å²) >= 11 is 4.99. The summed E-state index contributed by atoms with van der Waals surface area (Å²) < 4.78 is 2.14. The molecule has 0 aliphatic rings. The van der Waals surface area contributed by atoms with E-state index in [2.05, 4.69) is 4.98 Å². The molecule has 4 nitrogen and oxygen atoms in total. The standard InChI is InChI=1S/C9H14N2O2S/c1-9(2,3)6-5(7(12)13)10-8(14)11(6)4/h1-4H3,(H,10,14)(H,12,13). The molecule has 0 radical (unpaired) electrons. The number of aromatic nitrogens is 2. The van der Waals surface area contributed by atoms with Crippen molar-refractivity contribution in [2.24, 2.45) is 7.05 Å². The van der Waals surface area contributed by atoms with Gasteiger partial charge in [-0.15, -0.1) is 0 Å². The highest BCUT2D eigenvalue weighted by atomic mass is 32.1. The van der Waals surface area contributed by atoms with Gasteiger partial charge in [0.1, 0.15) is 5.69 Å². The van der Waals surface area contributed by atoms with Crippen molar-refractivity contribution in [3.63, 3.8) is 0 Å². The molecule has 1 aromatic heterocycles. The van der Waals surface area contributed by atoms with Gasteiger partial charge in [-0.1, -0.05) is 20.8 Å². The van der Waals surface area contributed by atoms with Gasteiger partial charge in [0.05, 0.1) is 5.69 Å². The average Bonchev–Trinajstić information content (AvgIpc) is 2.27. The van der Waals surface area contributed by atoms with Crippen LogP contribution < -0.4 is 0 Å². The summed E-state index contributed by atoms with van der Waals surface area (Å²) in [4.78, 5) is 13.6. The quantitative estimate of drug-likeness (QED) is 0.704. The maximum Gasteiger partial charge on any atom is 0.354 e. The molecule has 0 amide bonds. The lowest BCUT2D eigenvalue weighted by Crippen LogP contribution is -2.20. The monoisotopic (exact) mass is 214 g/mol. The SMILES string of the molecule is Cn1c(C(C)(C)C)c(C(=O)O)[nH]c1=S. The molecular formula is C9H14N2O2S. The molecule has 1 heterocycles. The van der Waals surface area contributed by atoms with Crippen LogP contribution in [-0.4, -0.2) is 20.6 Å². The van der Waals surface area contributed by atoms with E-state index in [1.54, 1.807) is 11.6 Å². The number of nitrogens with one attached hydrogen (secondary N) is 1. The van der Waals surface area contributed by atoms with Crippen molar-refractivity contribution < 1.29 is 9.90 Å². The lowest BCUT2D eigenvalue weighted by atomic mass is 9.90. The van der Waals surface area contributed by atoms with E-state index in [0.29, 0.717) is 4.77 Å². The smallest absolute Gasteiger partial charge is 0.354 e. The highest BCUT2D eigenvalue weighted by Gasteiger charge is 2.26. The van der Waals surface area contributed by atoms with E-state index in [4.69, 9.17) is 17.3 Å². The molecule has 0 aromatic carbocycles. The van der Waals surface area contributed by atoms with Crippen LogP contribution in [0.2, 0.25) is 0 Å². The van der Waals surface area contributed by atoms with Gasteiger partial charge in [0.2, 0.25) is 0 Å². The van der Waals surface area contributed by atoms with Crippen molar-refractivity contribution in [2.75, 3.05) is 0 Å². The Labute approximate surface area is 87.6 Å². The van der Waals surface area contributed by atoms with Crippen LogP contribution in [0.5, 0.6) is 0 Å². The molecule has 0 saturated carbocycles. The Morgan fingerprint density at radius 3 is 2.29 bits per heavy atom. The number of hydrogen-bond donors (Lipinski definition) is 2. The number of carboxylic acid groups (broad SMARTS) is 1. The molecule has 0 fully saturated rings. The number of rotatable bonds is 1. The van der Waals surface area contributed by atoms with Gasteiger partial charge in [0, 0.05) is 12.5 Å². The fourth-order valence-electron chi connectivity index (χ4n) is 1.55. The predicted octanol–water partition coefficient (Wildman–Crippen LogP) is 2.08. The van der Waals surface area contributed by atoms with Crippen LogP contribution in [0.25, 0.3) is 0 Å². The minimum absolute atomic E-state index is 0.185. The zero-order chi connectivity index (χ0) is 11.1. The fraction of sp³-hybridized carbons (Fsp3) is 0.556. The van der Waals surface area contributed by atoms with Crippen molar-refractivity contribution in [3.8, 4) is 0 Å².